The topological polar surface area (TPSA) is 58.6 Å². The third-order valence-corrected chi connectivity index (χ3v) is 3.43. The molecule has 2 amide bonds. The van der Waals surface area contributed by atoms with Gasteiger partial charge in [-0.05, 0) is 24.6 Å². The molecule has 1 aromatic rings. The molecule has 1 fully saturated rings. The maximum atomic E-state index is 11.8. The van der Waals surface area contributed by atoms with Crippen LogP contribution in [0.4, 0.5) is 0 Å². The summed E-state index contributed by atoms with van der Waals surface area (Å²) in [5.41, 5.74) is 1.02. The van der Waals surface area contributed by atoms with Crippen LogP contribution < -0.4 is 10.1 Å². The summed E-state index contributed by atoms with van der Waals surface area (Å²) in [7, 11) is 3.13. The molecule has 0 bridgehead atoms. The Bertz CT molecular complexity index is 501. The van der Waals surface area contributed by atoms with E-state index in [1.54, 1.807) is 7.11 Å². The molecule has 1 aliphatic rings. The summed E-state index contributed by atoms with van der Waals surface area (Å²) in [6.07, 6.45) is 0.226. The van der Waals surface area contributed by atoms with E-state index >= 15 is 0 Å². The van der Waals surface area contributed by atoms with E-state index < -0.39 is 6.04 Å². The van der Waals surface area contributed by atoms with Crippen molar-refractivity contribution in [2.45, 2.75) is 25.4 Å². The van der Waals surface area contributed by atoms with Gasteiger partial charge in [0.15, 0.2) is 0 Å². The molecule has 0 aromatic heterocycles. The second kappa shape index (κ2) is 5.40. The molecule has 0 saturated carbocycles. The Hall–Kier alpha value is -1.88. The van der Waals surface area contributed by atoms with E-state index in [0.29, 0.717) is 0 Å². The number of likely N-dealkylation sites (tertiary alicyclic amines) is 1. The minimum atomic E-state index is -0.432. The molecule has 5 nitrogen and oxygen atoms in total. The monoisotopic (exact) mass is 262 g/mol. The average molecular weight is 262 g/mol. The van der Waals surface area contributed by atoms with Crippen molar-refractivity contribution in [1.82, 2.24) is 10.2 Å². The zero-order chi connectivity index (χ0) is 14.0. The second-order valence-electron chi connectivity index (χ2n) is 4.71. The van der Waals surface area contributed by atoms with E-state index in [1.165, 1.54) is 11.9 Å². The van der Waals surface area contributed by atoms with Crippen molar-refractivity contribution in [1.29, 1.82) is 0 Å². The van der Waals surface area contributed by atoms with Crippen LogP contribution in [0.15, 0.2) is 24.3 Å². The smallest absolute Gasteiger partial charge is 0.246 e. The molecule has 1 N–H and O–H groups in total. The zero-order valence-electron chi connectivity index (χ0n) is 11.3. The number of nitrogens with zero attached hydrogens (tertiary/aromatic N) is 1. The highest BCUT2D eigenvalue weighted by atomic mass is 16.5. The first-order chi connectivity index (χ1) is 9.02. The summed E-state index contributed by atoms with van der Waals surface area (Å²) in [4.78, 5) is 24.5. The molecule has 2 atom stereocenters. The van der Waals surface area contributed by atoms with Crippen molar-refractivity contribution in [3.63, 3.8) is 0 Å². The Morgan fingerprint density at radius 2 is 2.16 bits per heavy atom. The molecule has 0 spiro atoms. The van der Waals surface area contributed by atoms with Gasteiger partial charge in [0, 0.05) is 13.1 Å². The van der Waals surface area contributed by atoms with Crippen LogP contribution in [0.5, 0.6) is 5.75 Å². The first kappa shape index (κ1) is 13.5. The Labute approximate surface area is 112 Å². The third-order valence-electron chi connectivity index (χ3n) is 3.43. The van der Waals surface area contributed by atoms with Crippen molar-refractivity contribution >= 4 is 11.8 Å². The molecular formula is C14H18N2O3. The second-order valence-corrected chi connectivity index (χ2v) is 4.71. The average Bonchev–Trinajstić information content (AvgIpc) is 2.66. The minimum Gasteiger partial charge on any atom is -0.497 e. The Morgan fingerprint density at radius 1 is 1.42 bits per heavy atom. The van der Waals surface area contributed by atoms with Gasteiger partial charge < -0.3 is 4.74 Å². The van der Waals surface area contributed by atoms with Gasteiger partial charge in [-0.1, -0.05) is 12.1 Å². The molecule has 1 heterocycles. The number of imide groups is 1. The minimum absolute atomic E-state index is 0.0247. The molecule has 0 aliphatic carbocycles. The molecule has 1 unspecified atom stereocenters. The highest BCUT2D eigenvalue weighted by Gasteiger charge is 2.36. The molecule has 102 valence electrons. The van der Waals surface area contributed by atoms with Crippen LogP contribution in [0.2, 0.25) is 0 Å². The normalized spacial score (nSPS) is 20.8. The number of carbonyl (C=O) groups excluding carboxylic acids is 2. The van der Waals surface area contributed by atoms with Crippen molar-refractivity contribution in [3.8, 4) is 5.75 Å². The number of nitrogens with one attached hydrogen (secondary N) is 1. The largest absolute Gasteiger partial charge is 0.497 e. The quantitative estimate of drug-likeness (QED) is 0.826. The molecule has 5 heteroatoms. The van der Waals surface area contributed by atoms with Crippen LogP contribution in [0, 0.1) is 0 Å². The lowest BCUT2D eigenvalue weighted by Gasteiger charge is -2.18. The number of carbonyl (C=O) groups is 2. The van der Waals surface area contributed by atoms with Crippen LogP contribution >= 0.6 is 0 Å². The fraction of sp³-hybridized carbons (Fsp3) is 0.429. The van der Waals surface area contributed by atoms with Crippen molar-refractivity contribution < 1.29 is 14.3 Å². The van der Waals surface area contributed by atoms with Gasteiger partial charge in [0.25, 0.3) is 0 Å². The van der Waals surface area contributed by atoms with E-state index in [-0.39, 0.29) is 24.3 Å². The summed E-state index contributed by atoms with van der Waals surface area (Å²) < 4.78 is 5.17. The number of ether oxygens (including phenoxy) is 1. The van der Waals surface area contributed by atoms with E-state index in [0.717, 1.165) is 11.3 Å². The number of methoxy groups -OCH3 is 1. The molecule has 1 aromatic carbocycles. The van der Waals surface area contributed by atoms with Crippen LogP contribution in [0.3, 0.4) is 0 Å². The third kappa shape index (κ3) is 2.76. The SMILES string of the molecule is COc1cccc([C@H](C)NC2CC(=O)N(C)C2=O)c1. The lowest BCUT2D eigenvalue weighted by atomic mass is 10.1. The molecule has 1 aliphatic heterocycles. The number of hydrogen-bond donors (Lipinski definition) is 1. The van der Waals surface area contributed by atoms with Gasteiger partial charge >= 0.3 is 0 Å². The summed E-state index contributed by atoms with van der Waals surface area (Å²) in [6, 6.07) is 7.20. The lowest BCUT2D eigenvalue weighted by molar-refractivity contribution is -0.137. The van der Waals surface area contributed by atoms with Gasteiger partial charge in [-0.15, -0.1) is 0 Å². The van der Waals surface area contributed by atoms with Crippen LogP contribution in [-0.4, -0.2) is 36.9 Å². The molecule has 0 radical (unpaired) electrons. The van der Waals surface area contributed by atoms with E-state index in [2.05, 4.69) is 5.32 Å². The van der Waals surface area contributed by atoms with Crippen LogP contribution in [0.1, 0.15) is 24.9 Å². The highest BCUT2D eigenvalue weighted by molar-refractivity contribution is 6.05. The first-order valence-corrected chi connectivity index (χ1v) is 6.23. The van der Waals surface area contributed by atoms with Crippen molar-refractivity contribution in [2.24, 2.45) is 0 Å². The molecule has 19 heavy (non-hydrogen) atoms. The van der Waals surface area contributed by atoms with E-state index in [4.69, 9.17) is 4.74 Å². The van der Waals surface area contributed by atoms with Gasteiger partial charge in [-0.25, -0.2) is 0 Å². The van der Waals surface area contributed by atoms with Crippen molar-refractivity contribution in [2.75, 3.05) is 14.2 Å². The zero-order valence-corrected chi connectivity index (χ0v) is 11.3. The summed E-state index contributed by atoms with van der Waals surface area (Å²) in [5.74, 6) is 0.470. The number of hydrogen-bond acceptors (Lipinski definition) is 4. The van der Waals surface area contributed by atoms with Gasteiger partial charge in [-0.2, -0.15) is 0 Å². The molecule has 2 rings (SSSR count). The number of benzene rings is 1. The molecular weight excluding hydrogens is 244 g/mol. The Morgan fingerprint density at radius 3 is 2.74 bits per heavy atom. The lowest BCUT2D eigenvalue weighted by Crippen LogP contribution is -2.38. The summed E-state index contributed by atoms with van der Waals surface area (Å²) in [6.45, 7) is 1.96. The maximum Gasteiger partial charge on any atom is 0.246 e. The van der Waals surface area contributed by atoms with Gasteiger partial charge in [0.1, 0.15) is 5.75 Å². The number of rotatable bonds is 4. The first-order valence-electron chi connectivity index (χ1n) is 6.23. The predicted molar refractivity (Wildman–Crippen MR) is 70.7 cm³/mol. The van der Waals surface area contributed by atoms with Crippen LogP contribution in [-0.2, 0) is 9.59 Å². The van der Waals surface area contributed by atoms with E-state index in [9.17, 15) is 9.59 Å². The van der Waals surface area contributed by atoms with Gasteiger partial charge in [-0.3, -0.25) is 19.8 Å². The van der Waals surface area contributed by atoms with E-state index in [1.807, 2.05) is 31.2 Å². The number of likely N-dealkylation sites (N-methyl/N-ethyl adjacent to an activating group) is 1. The Kier molecular flexibility index (Phi) is 3.85. The number of amides is 2. The standard InChI is InChI=1S/C14H18N2O3/c1-9(10-5-4-6-11(7-10)19-3)15-12-8-13(17)16(2)14(12)18/h4-7,9,12,15H,8H2,1-3H3/t9-,12?/m0/s1. The van der Waals surface area contributed by atoms with Gasteiger partial charge in [0.2, 0.25) is 11.8 Å². The predicted octanol–water partition coefficient (Wildman–Crippen LogP) is 1.10. The Balaban J connectivity index is 2.07. The summed E-state index contributed by atoms with van der Waals surface area (Å²) >= 11 is 0. The summed E-state index contributed by atoms with van der Waals surface area (Å²) in [5, 5.41) is 3.19. The van der Waals surface area contributed by atoms with Gasteiger partial charge in [0.05, 0.1) is 19.6 Å². The highest BCUT2D eigenvalue weighted by Crippen LogP contribution is 2.21. The van der Waals surface area contributed by atoms with Crippen molar-refractivity contribution in [3.05, 3.63) is 29.8 Å². The van der Waals surface area contributed by atoms with Crippen LogP contribution in [0.25, 0.3) is 0 Å². The fourth-order valence-corrected chi connectivity index (χ4v) is 2.19. The maximum absolute atomic E-state index is 11.8. The molecule has 1 saturated heterocycles. The fourth-order valence-electron chi connectivity index (χ4n) is 2.19.